The van der Waals surface area contributed by atoms with E-state index in [1.807, 2.05) is 121 Å². The SMILES string of the molecule is N#Cc1ccccc1-c1ccc2c(c1)c1ccccc1n2-c1cc(-c2nc(-c3ccccc3)nc(-c3ccccc3)n2)ccc1C#N. The molecule has 8 aromatic rings. The van der Waals surface area contributed by atoms with Crippen LogP contribution < -0.4 is 0 Å². The molecule has 0 saturated heterocycles. The number of para-hydroxylation sites is 1. The fraction of sp³-hybridized carbons (Fsp3) is 0. The lowest BCUT2D eigenvalue weighted by Crippen LogP contribution is -2.02. The molecule has 0 atom stereocenters. The highest BCUT2D eigenvalue weighted by Gasteiger charge is 2.19. The van der Waals surface area contributed by atoms with Crippen LogP contribution in [0.4, 0.5) is 0 Å². The summed E-state index contributed by atoms with van der Waals surface area (Å²) in [6.45, 7) is 0. The van der Waals surface area contributed by atoms with Crippen LogP contribution in [0.1, 0.15) is 11.1 Å². The van der Waals surface area contributed by atoms with Crippen LogP contribution in [-0.4, -0.2) is 19.5 Å². The first kappa shape index (κ1) is 27.6. The largest absolute Gasteiger partial charge is 0.308 e. The van der Waals surface area contributed by atoms with Crippen LogP contribution in [0.15, 0.2) is 146 Å². The number of fused-ring (bicyclic) bond motifs is 3. The Bertz CT molecular complexity index is 2480. The maximum Gasteiger partial charge on any atom is 0.164 e. The minimum atomic E-state index is 0.514. The van der Waals surface area contributed by atoms with Crippen molar-refractivity contribution in [3.63, 3.8) is 0 Å². The van der Waals surface area contributed by atoms with E-state index >= 15 is 0 Å². The van der Waals surface area contributed by atoms with Crippen molar-refractivity contribution >= 4 is 21.8 Å². The van der Waals surface area contributed by atoms with Crippen LogP contribution in [0.2, 0.25) is 0 Å². The zero-order chi connectivity index (χ0) is 31.7. The van der Waals surface area contributed by atoms with E-state index in [9.17, 15) is 10.5 Å². The maximum absolute atomic E-state index is 10.3. The van der Waals surface area contributed by atoms with Crippen molar-refractivity contribution in [2.45, 2.75) is 0 Å². The average molecular weight is 601 g/mol. The molecule has 0 bridgehead atoms. The standard InChI is InChI=1S/C41H24N6/c42-25-31-15-7-8-16-33(31)29-21-22-37-35(23-29)34-17-9-10-18-36(34)47(37)38-24-30(19-20-32(38)26-43)41-45-39(27-11-3-1-4-12-27)44-40(46-41)28-13-5-2-6-14-28/h1-24H. The van der Waals surface area contributed by atoms with E-state index in [1.165, 1.54) is 0 Å². The Morgan fingerprint density at radius 1 is 0.426 bits per heavy atom. The van der Waals surface area contributed by atoms with Crippen molar-refractivity contribution < 1.29 is 0 Å². The zero-order valence-corrected chi connectivity index (χ0v) is 25.0. The fourth-order valence-electron chi connectivity index (χ4n) is 6.12. The van der Waals surface area contributed by atoms with E-state index in [4.69, 9.17) is 15.0 Å². The second-order valence-corrected chi connectivity index (χ2v) is 11.1. The van der Waals surface area contributed by atoms with Crippen molar-refractivity contribution in [3.05, 3.63) is 157 Å². The van der Waals surface area contributed by atoms with Crippen molar-refractivity contribution in [2.24, 2.45) is 0 Å². The molecular weight excluding hydrogens is 576 g/mol. The highest BCUT2D eigenvalue weighted by molar-refractivity contribution is 6.10. The van der Waals surface area contributed by atoms with E-state index in [-0.39, 0.29) is 0 Å². The summed E-state index contributed by atoms with van der Waals surface area (Å²) in [6.07, 6.45) is 0. The molecule has 6 nitrogen and oxygen atoms in total. The number of nitriles is 2. The van der Waals surface area contributed by atoms with Gasteiger partial charge in [-0.25, -0.2) is 15.0 Å². The van der Waals surface area contributed by atoms with E-state index in [0.29, 0.717) is 28.6 Å². The molecule has 47 heavy (non-hydrogen) atoms. The molecule has 0 aliphatic rings. The number of hydrogen-bond acceptors (Lipinski definition) is 5. The van der Waals surface area contributed by atoms with Crippen LogP contribution in [0.3, 0.4) is 0 Å². The van der Waals surface area contributed by atoms with Gasteiger partial charge in [0.25, 0.3) is 0 Å². The molecule has 2 heterocycles. The fourth-order valence-corrected chi connectivity index (χ4v) is 6.12. The number of nitrogens with zero attached hydrogens (tertiary/aromatic N) is 6. The molecule has 218 valence electrons. The number of hydrogen-bond donors (Lipinski definition) is 0. The summed E-state index contributed by atoms with van der Waals surface area (Å²) in [5.41, 5.74) is 8.16. The van der Waals surface area contributed by atoms with Crippen LogP contribution in [0.25, 0.3) is 72.8 Å². The summed E-state index contributed by atoms with van der Waals surface area (Å²) in [4.78, 5) is 14.7. The summed E-state index contributed by atoms with van der Waals surface area (Å²) in [5, 5.41) is 22.2. The summed E-state index contributed by atoms with van der Waals surface area (Å²) in [5.74, 6) is 1.66. The van der Waals surface area contributed by atoms with Gasteiger partial charge >= 0.3 is 0 Å². The van der Waals surface area contributed by atoms with Gasteiger partial charge in [0.1, 0.15) is 6.07 Å². The number of rotatable bonds is 5. The molecule has 0 radical (unpaired) electrons. The van der Waals surface area contributed by atoms with Gasteiger partial charge in [-0.1, -0.05) is 103 Å². The lowest BCUT2D eigenvalue weighted by molar-refractivity contribution is 1.07. The average Bonchev–Trinajstić information content (AvgIpc) is 3.48. The molecule has 0 N–H and O–H groups in total. The number of benzene rings is 6. The first-order valence-corrected chi connectivity index (χ1v) is 15.2. The highest BCUT2D eigenvalue weighted by Crippen LogP contribution is 2.37. The molecular formula is C41H24N6. The third kappa shape index (κ3) is 4.88. The summed E-state index contributed by atoms with van der Waals surface area (Å²) >= 11 is 0. The second kappa shape index (κ2) is 11.6. The van der Waals surface area contributed by atoms with Crippen molar-refractivity contribution in [1.82, 2.24) is 19.5 Å². The molecule has 6 aromatic carbocycles. The third-order valence-electron chi connectivity index (χ3n) is 8.35. The topological polar surface area (TPSA) is 91.2 Å². The first-order chi connectivity index (χ1) is 23.2. The second-order valence-electron chi connectivity index (χ2n) is 11.1. The predicted molar refractivity (Wildman–Crippen MR) is 185 cm³/mol. The van der Waals surface area contributed by atoms with E-state index in [0.717, 1.165) is 55.3 Å². The predicted octanol–water partition coefficient (Wildman–Crippen LogP) is 9.38. The number of aromatic nitrogens is 4. The van der Waals surface area contributed by atoms with Crippen LogP contribution in [0.5, 0.6) is 0 Å². The molecule has 8 rings (SSSR count). The molecule has 0 amide bonds. The van der Waals surface area contributed by atoms with E-state index in [2.05, 4.69) is 41.0 Å². The van der Waals surface area contributed by atoms with Crippen molar-refractivity contribution in [1.29, 1.82) is 10.5 Å². The smallest absolute Gasteiger partial charge is 0.164 e. The Hall–Kier alpha value is -6.89. The van der Waals surface area contributed by atoms with Gasteiger partial charge in [-0.3, -0.25) is 0 Å². The highest BCUT2D eigenvalue weighted by atomic mass is 15.0. The molecule has 0 spiro atoms. The van der Waals surface area contributed by atoms with Gasteiger partial charge in [0, 0.05) is 27.5 Å². The Morgan fingerprint density at radius 2 is 0.979 bits per heavy atom. The van der Waals surface area contributed by atoms with Crippen LogP contribution in [0, 0.1) is 22.7 Å². The van der Waals surface area contributed by atoms with Gasteiger partial charge in [-0.2, -0.15) is 10.5 Å². The molecule has 0 aliphatic heterocycles. The van der Waals surface area contributed by atoms with Gasteiger partial charge in [0.2, 0.25) is 0 Å². The molecule has 6 heteroatoms. The first-order valence-electron chi connectivity index (χ1n) is 15.2. The molecule has 0 saturated carbocycles. The minimum Gasteiger partial charge on any atom is -0.308 e. The summed E-state index contributed by atoms with van der Waals surface area (Å²) in [7, 11) is 0. The monoisotopic (exact) mass is 600 g/mol. The maximum atomic E-state index is 10.3. The lowest BCUT2D eigenvalue weighted by atomic mass is 9.98. The normalized spacial score (nSPS) is 10.9. The molecule has 0 fully saturated rings. The Morgan fingerprint density at radius 3 is 1.66 bits per heavy atom. The van der Waals surface area contributed by atoms with Crippen molar-refractivity contribution in [3.8, 4) is 63.1 Å². The summed E-state index contributed by atoms with van der Waals surface area (Å²) in [6, 6.07) is 52.2. The molecule has 0 aliphatic carbocycles. The zero-order valence-electron chi connectivity index (χ0n) is 25.0. The van der Waals surface area contributed by atoms with E-state index in [1.54, 1.807) is 0 Å². The van der Waals surface area contributed by atoms with Gasteiger partial charge in [-0.05, 0) is 53.6 Å². The third-order valence-corrected chi connectivity index (χ3v) is 8.35. The summed E-state index contributed by atoms with van der Waals surface area (Å²) < 4.78 is 2.13. The molecule has 2 aromatic heterocycles. The van der Waals surface area contributed by atoms with Crippen LogP contribution >= 0.6 is 0 Å². The van der Waals surface area contributed by atoms with Gasteiger partial charge in [0.05, 0.1) is 33.9 Å². The Kier molecular flexibility index (Phi) is 6.80. The Balaban J connectivity index is 1.35. The van der Waals surface area contributed by atoms with E-state index < -0.39 is 0 Å². The van der Waals surface area contributed by atoms with Crippen LogP contribution in [-0.2, 0) is 0 Å². The molecule has 0 unspecified atom stereocenters. The Labute approximate surface area is 271 Å². The van der Waals surface area contributed by atoms with Gasteiger partial charge < -0.3 is 4.57 Å². The van der Waals surface area contributed by atoms with Gasteiger partial charge in [-0.15, -0.1) is 0 Å². The van der Waals surface area contributed by atoms with Crippen molar-refractivity contribution in [2.75, 3.05) is 0 Å². The van der Waals surface area contributed by atoms with Gasteiger partial charge in [0.15, 0.2) is 17.5 Å². The quantitative estimate of drug-likeness (QED) is 0.196. The minimum absolute atomic E-state index is 0.514. The lowest BCUT2D eigenvalue weighted by Gasteiger charge is -2.13.